The molecule has 0 aromatic heterocycles. The van der Waals surface area contributed by atoms with E-state index in [1.807, 2.05) is 0 Å². The predicted molar refractivity (Wildman–Crippen MR) is 75.4 cm³/mol. The number of ether oxygens (including phenoxy) is 1. The Morgan fingerprint density at radius 2 is 1.95 bits per heavy atom. The number of anilines is 1. The number of hydrogen-bond donors (Lipinski definition) is 1. The molecule has 2 rings (SSSR count). The average Bonchev–Trinajstić information content (AvgIpc) is 2.47. The standard InChI is InChI=1S/C16H11F2NO2/c1-2-11-5-3-7-13(9-11)19-15(20)12-6-4-8-14(10-12)21-16(17)18/h1,3-10,16H,(H,19,20). The first-order valence-electron chi connectivity index (χ1n) is 6.01. The summed E-state index contributed by atoms with van der Waals surface area (Å²) in [4.78, 5) is 12.0. The highest BCUT2D eigenvalue weighted by atomic mass is 19.3. The van der Waals surface area contributed by atoms with Crippen LogP contribution in [0.25, 0.3) is 0 Å². The zero-order valence-corrected chi connectivity index (χ0v) is 10.8. The van der Waals surface area contributed by atoms with Gasteiger partial charge in [-0.05, 0) is 36.4 Å². The molecule has 5 heteroatoms. The molecule has 0 aliphatic carbocycles. The number of carbonyl (C=O) groups excluding carboxylic acids is 1. The van der Waals surface area contributed by atoms with Crippen molar-refractivity contribution in [2.45, 2.75) is 6.61 Å². The number of carbonyl (C=O) groups is 1. The fourth-order valence-corrected chi connectivity index (χ4v) is 1.70. The second-order valence-corrected chi connectivity index (χ2v) is 4.09. The van der Waals surface area contributed by atoms with Crippen LogP contribution in [-0.2, 0) is 0 Å². The van der Waals surface area contributed by atoms with Gasteiger partial charge < -0.3 is 10.1 Å². The zero-order chi connectivity index (χ0) is 15.2. The van der Waals surface area contributed by atoms with Crippen molar-refractivity contribution in [1.29, 1.82) is 0 Å². The Labute approximate surface area is 120 Å². The number of nitrogens with one attached hydrogen (secondary N) is 1. The normalized spacial score (nSPS) is 10.0. The minimum absolute atomic E-state index is 0.0741. The van der Waals surface area contributed by atoms with Crippen molar-refractivity contribution in [2.24, 2.45) is 0 Å². The number of terminal acetylenes is 1. The monoisotopic (exact) mass is 287 g/mol. The van der Waals surface area contributed by atoms with Gasteiger partial charge in [0.2, 0.25) is 0 Å². The molecule has 0 aliphatic rings. The lowest BCUT2D eigenvalue weighted by molar-refractivity contribution is -0.0498. The first-order valence-corrected chi connectivity index (χ1v) is 6.01. The smallest absolute Gasteiger partial charge is 0.387 e. The van der Waals surface area contributed by atoms with Crippen LogP contribution in [0.3, 0.4) is 0 Å². The maximum Gasteiger partial charge on any atom is 0.387 e. The summed E-state index contributed by atoms with van der Waals surface area (Å²) in [5.74, 6) is 1.94. The highest BCUT2D eigenvalue weighted by molar-refractivity contribution is 6.04. The average molecular weight is 287 g/mol. The van der Waals surface area contributed by atoms with E-state index >= 15 is 0 Å². The molecule has 2 aromatic carbocycles. The molecule has 106 valence electrons. The van der Waals surface area contributed by atoms with Gasteiger partial charge in [0.05, 0.1) is 0 Å². The van der Waals surface area contributed by atoms with Crippen molar-refractivity contribution in [1.82, 2.24) is 0 Å². The van der Waals surface area contributed by atoms with Crippen LogP contribution in [0, 0.1) is 12.3 Å². The Kier molecular flexibility index (Phi) is 4.52. The van der Waals surface area contributed by atoms with Gasteiger partial charge in [0.15, 0.2) is 0 Å². The maximum absolute atomic E-state index is 12.1. The molecule has 0 saturated carbocycles. The van der Waals surface area contributed by atoms with Gasteiger partial charge in [0.25, 0.3) is 5.91 Å². The molecule has 0 aliphatic heterocycles. The fourth-order valence-electron chi connectivity index (χ4n) is 1.70. The van der Waals surface area contributed by atoms with Crippen molar-refractivity contribution in [3.05, 3.63) is 59.7 Å². The summed E-state index contributed by atoms with van der Waals surface area (Å²) in [5, 5.41) is 2.64. The van der Waals surface area contributed by atoms with Gasteiger partial charge in [-0.2, -0.15) is 8.78 Å². The van der Waals surface area contributed by atoms with E-state index < -0.39 is 12.5 Å². The predicted octanol–water partition coefficient (Wildman–Crippen LogP) is 3.52. The third kappa shape index (κ3) is 4.05. The van der Waals surface area contributed by atoms with Gasteiger partial charge in [-0.15, -0.1) is 6.42 Å². The Morgan fingerprint density at radius 3 is 2.67 bits per heavy atom. The van der Waals surface area contributed by atoms with Gasteiger partial charge in [-0.3, -0.25) is 4.79 Å². The van der Waals surface area contributed by atoms with Crippen LogP contribution in [0.5, 0.6) is 5.75 Å². The number of benzene rings is 2. The van der Waals surface area contributed by atoms with E-state index in [1.165, 1.54) is 24.3 Å². The molecule has 2 aromatic rings. The maximum atomic E-state index is 12.1. The molecule has 1 amide bonds. The number of hydrogen-bond acceptors (Lipinski definition) is 2. The van der Waals surface area contributed by atoms with Gasteiger partial charge in [-0.1, -0.05) is 18.1 Å². The summed E-state index contributed by atoms with van der Waals surface area (Å²) in [6.07, 6.45) is 5.28. The molecule has 0 fully saturated rings. The van der Waals surface area contributed by atoms with Crippen LogP contribution < -0.4 is 10.1 Å². The first kappa shape index (κ1) is 14.5. The molecule has 0 bridgehead atoms. The molecule has 3 nitrogen and oxygen atoms in total. The van der Waals surface area contributed by atoms with Crippen LogP contribution in [0.4, 0.5) is 14.5 Å². The van der Waals surface area contributed by atoms with E-state index in [9.17, 15) is 13.6 Å². The zero-order valence-electron chi connectivity index (χ0n) is 10.8. The van der Waals surface area contributed by atoms with Crippen LogP contribution in [0.1, 0.15) is 15.9 Å². The summed E-state index contributed by atoms with van der Waals surface area (Å²) in [6, 6.07) is 12.3. The highest BCUT2D eigenvalue weighted by Gasteiger charge is 2.10. The highest BCUT2D eigenvalue weighted by Crippen LogP contribution is 2.17. The van der Waals surface area contributed by atoms with E-state index in [-0.39, 0.29) is 11.3 Å². The second kappa shape index (κ2) is 6.53. The number of rotatable bonds is 4. The molecule has 0 spiro atoms. The number of amides is 1. The summed E-state index contributed by atoms with van der Waals surface area (Å²) in [7, 11) is 0. The van der Waals surface area contributed by atoms with Crippen LogP contribution >= 0.6 is 0 Å². The van der Waals surface area contributed by atoms with E-state index in [1.54, 1.807) is 24.3 Å². The topological polar surface area (TPSA) is 38.3 Å². The third-order valence-electron chi connectivity index (χ3n) is 2.61. The Hall–Kier alpha value is -2.87. The molecule has 0 atom stereocenters. The van der Waals surface area contributed by atoms with Gasteiger partial charge in [0, 0.05) is 16.8 Å². The Bertz CT molecular complexity index is 693. The summed E-state index contributed by atoms with van der Waals surface area (Å²) >= 11 is 0. The number of halogens is 2. The number of alkyl halides is 2. The SMILES string of the molecule is C#Cc1cccc(NC(=O)c2cccc(OC(F)F)c2)c1. The fraction of sp³-hybridized carbons (Fsp3) is 0.0625. The van der Waals surface area contributed by atoms with Gasteiger partial charge in [-0.25, -0.2) is 0 Å². The summed E-state index contributed by atoms with van der Waals surface area (Å²) in [6.45, 7) is -2.93. The molecule has 21 heavy (non-hydrogen) atoms. The van der Waals surface area contributed by atoms with Crippen molar-refractivity contribution >= 4 is 11.6 Å². The molecule has 0 unspecified atom stereocenters. The quantitative estimate of drug-likeness (QED) is 0.874. The minimum atomic E-state index is -2.93. The lowest BCUT2D eigenvalue weighted by Crippen LogP contribution is -2.12. The van der Waals surface area contributed by atoms with Crippen molar-refractivity contribution in [3.8, 4) is 18.1 Å². The third-order valence-corrected chi connectivity index (χ3v) is 2.61. The molecule has 1 N–H and O–H groups in total. The lowest BCUT2D eigenvalue weighted by Gasteiger charge is -2.08. The molecule has 0 heterocycles. The van der Waals surface area contributed by atoms with Crippen LogP contribution in [0.15, 0.2) is 48.5 Å². The van der Waals surface area contributed by atoms with Gasteiger partial charge in [0.1, 0.15) is 5.75 Å². The second-order valence-electron chi connectivity index (χ2n) is 4.09. The molecular formula is C16H11F2NO2. The lowest BCUT2D eigenvalue weighted by atomic mass is 10.1. The van der Waals surface area contributed by atoms with E-state index in [0.717, 1.165) is 0 Å². The van der Waals surface area contributed by atoms with E-state index in [4.69, 9.17) is 6.42 Å². The van der Waals surface area contributed by atoms with Crippen molar-refractivity contribution in [3.63, 3.8) is 0 Å². The summed E-state index contributed by atoms with van der Waals surface area (Å²) in [5.41, 5.74) is 1.36. The first-order chi connectivity index (χ1) is 10.1. The molecule has 0 radical (unpaired) electrons. The van der Waals surface area contributed by atoms with Crippen LogP contribution in [-0.4, -0.2) is 12.5 Å². The minimum Gasteiger partial charge on any atom is -0.435 e. The van der Waals surface area contributed by atoms with Crippen molar-refractivity contribution in [2.75, 3.05) is 5.32 Å². The Morgan fingerprint density at radius 1 is 1.19 bits per heavy atom. The van der Waals surface area contributed by atoms with Crippen LogP contribution in [0.2, 0.25) is 0 Å². The summed E-state index contributed by atoms with van der Waals surface area (Å²) < 4.78 is 28.5. The van der Waals surface area contributed by atoms with E-state index in [0.29, 0.717) is 11.3 Å². The Balaban J connectivity index is 2.14. The largest absolute Gasteiger partial charge is 0.435 e. The van der Waals surface area contributed by atoms with E-state index in [2.05, 4.69) is 16.0 Å². The molecule has 0 saturated heterocycles. The molecular weight excluding hydrogens is 276 g/mol. The van der Waals surface area contributed by atoms with Crippen molar-refractivity contribution < 1.29 is 18.3 Å². The van der Waals surface area contributed by atoms with Gasteiger partial charge >= 0.3 is 6.61 Å².